The first kappa shape index (κ1) is 14.7. The number of aromatic nitrogens is 1. The van der Waals surface area contributed by atoms with Gasteiger partial charge in [-0.25, -0.2) is 4.98 Å². The number of nitriles is 1. The standard InChI is InChI=1S/C13H19ClN4/c1-4-18(5-2)9-10(3)17-13-12(14)11(8-15)6-7-16-13/h6-7,10H,4-5,9H2,1-3H3,(H,16,17). The Balaban J connectivity index is 2.70. The fraction of sp³-hybridized carbons (Fsp3) is 0.538. The topological polar surface area (TPSA) is 52.0 Å². The molecule has 1 unspecified atom stereocenters. The number of hydrogen-bond donors (Lipinski definition) is 1. The van der Waals surface area contributed by atoms with Gasteiger partial charge in [0.25, 0.3) is 0 Å². The third-order valence-corrected chi connectivity index (χ3v) is 3.20. The molecule has 0 bridgehead atoms. The van der Waals surface area contributed by atoms with E-state index in [1.807, 2.05) is 6.07 Å². The zero-order valence-electron chi connectivity index (χ0n) is 11.1. The Morgan fingerprint density at radius 2 is 2.17 bits per heavy atom. The highest BCUT2D eigenvalue weighted by Gasteiger charge is 2.11. The van der Waals surface area contributed by atoms with E-state index in [-0.39, 0.29) is 6.04 Å². The summed E-state index contributed by atoms with van der Waals surface area (Å²) in [6.07, 6.45) is 1.59. The second-order valence-corrected chi connectivity index (χ2v) is 4.54. The van der Waals surface area contributed by atoms with Crippen LogP contribution in [-0.4, -0.2) is 35.6 Å². The summed E-state index contributed by atoms with van der Waals surface area (Å²) in [5.41, 5.74) is 0.448. The summed E-state index contributed by atoms with van der Waals surface area (Å²) in [4.78, 5) is 6.49. The molecule has 1 aromatic heterocycles. The lowest BCUT2D eigenvalue weighted by Crippen LogP contribution is -2.35. The number of pyridine rings is 1. The van der Waals surface area contributed by atoms with Crippen LogP contribution in [0.2, 0.25) is 5.02 Å². The molecule has 18 heavy (non-hydrogen) atoms. The van der Waals surface area contributed by atoms with Crippen LogP contribution in [0.15, 0.2) is 12.3 Å². The van der Waals surface area contributed by atoms with E-state index in [0.29, 0.717) is 16.4 Å². The van der Waals surface area contributed by atoms with Gasteiger partial charge in [-0.15, -0.1) is 0 Å². The van der Waals surface area contributed by atoms with Gasteiger partial charge in [0.05, 0.1) is 5.56 Å². The Kier molecular flexibility index (Phi) is 5.90. The fourth-order valence-electron chi connectivity index (χ4n) is 1.78. The maximum absolute atomic E-state index is 8.90. The van der Waals surface area contributed by atoms with Crippen LogP contribution in [0, 0.1) is 11.3 Å². The average molecular weight is 267 g/mol. The molecule has 1 atom stereocenters. The van der Waals surface area contributed by atoms with E-state index in [1.54, 1.807) is 12.3 Å². The van der Waals surface area contributed by atoms with Crippen LogP contribution in [0.1, 0.15) is 26.3 Å². The number of halogens is 1. The molecule has 0 aliphatic carbocycles. The normalized spacial score (nSPS) is 12.2. The first-order valence-corrected chi connectivity index (χ1v) is 6.53. The minimum Gasteiger partial charge on any atom is -0.365 e. The maximum Gasteiger partial charge on any atom is 0.146 e. The predicted molar refractivity (Wildman–Crippen MR) is 74.8 cm³/mol. The minimum atomic E-state index is 0.226. The molecule has 1 aromatic rings. The molecule has 0 radical (unpaired) electrons. The van der Waals surface area contributed by atoms with Gasteiger partial charge in [-0.1, -0.05) is 25.4 Å². The molecule has 4 nitrogen and oxygen atoms in total. The van der Waals surface area contributed by atoms with Gasteiger partial charge in [0, 0.05) is 18.8 Å². The van der Waals surface area contributed by atoms with Gasteiger partial charge >= 0.3 is 0 Å². The average Bonchev–Trinajstić information content (AvgIpc) is 2.38. The molecule has 0 saturated heterocycles. The van der Waals surface area contributed by atoms with Crippen molar-refractivity contribution in [1.82, 2.24) is 9.88 Å². The highest BCUT2D eigenvalue weighted by atomic mass is 35.5. The molecule has 98 valence electrons. The molecule has 0 aliphatic heterocycles. The molecular weight excluding hydrogens is 248 g/mol. The smallest absolute Gasteiger partial charge is 0.146 e. The van der Waals surface area contributed by atoms with Crippen LogP contribution in [0.4, 0.5) is 5.82 Å². The van der Waals surface area contributed by atoms with Crippen molar-refractivity contribution >= 4 is 17.4 Å². The summed E-state index contributed by atoms with van der Waals surface area (Å²) in [7, 11) is 0. The molecular formula is C13H19ClN4. The van der Waals surface area contributed by atoms with E-state index in [2.05, 4.69) is 36.0 Å². The lowest BCUT2D eigenvalue weighted by molar-refractivity contribution is 0.294. The largest absolute Gasteiger partial charge is 0.365 e. The van der Waals surface area contributed by atoms with Gasteiger partial charge < -0.3 is 10.2 Å². The quantitative estimate of drug-likeness (QED) is 0.860. The number of anilines is 1. The number of nitrogens with one attached hydrogen (secondary N) is 1. The van der Waals surface area contributed by atoms with Gasteiger partial charge in [0.2, 0.25) is 0 Å². The van der Waals surface area contributed by atoms with E-state index in [4.69, 9.17) is 16.9 Å². The van der Waals surface area contributed by atoms with Crippen molar-refractivity contribution in [2.75, 3.05) is 25.0 Å². The Morgan fingerprint density at radius 3 is 2.72 bits per heavy atom. The molecule has 0 saturated carbocycles. The molecule has 5 heteroatoms. The predicted octanol–water partition coefficient (Wildman–Crippen LogP) is 2.75. The molecule has 1 heterocycles. The van der Waals surface area contributed by atoms with Gasteiger partial charge in [-0.05, 0) is 26.1 Å². The van der Waals surface area contributed by atoms with Crippen LogP contribution in [0.25, 0.3) is 0 Å². The van der Waals surface area contributed by atoms with Crippen molar-refractivity contribution in [1.29, 1.82) is 5.26 Å². The van der Waals surface area contributed by atoms with Crippen molar-refractivity contribution < 1.29 is 0 Å². The summed E-state index contributed by atoms with van der Waals surface area (Å²) >= 11 is 6.10. The number of likely N-dealkylation sites (N-methyl/N-ethyl adjacent to an activating group) is 1. The first-order chi connectivity index (χ1) is 8.62. The third-order valence-electron chi connectivity index (χ3n) is 2.82. The van der Waals surface area contributed by atoms with Crippen molar-refractivity contribution in [3.05, 3.63) is 22.8 Å². The lowest BCUT2D eigenvalue weighted by atomic mass is 10.2. The van der Waals surface area contributed by atoms with Crippen molar-refractivity contribution in [2.24, 2.45) is 0 Å². The minimum absolute atomic E-state index is 0.226. The lowest BCUT2D eigenvalue weighted by Gasteiger charge is -2.24. The van der Waals surface area contributed by atoms with Gasteiger partial charge in [0.1, 0.15) is 16.9 Å². The molecule has 0 aromatic carbocycles. The zero-order chi connectivity index (χ0) is 13.5. The molecule has 0 aliphatic rings. The number of rotatable bonds is 6. The van der Waals surface area contributed by atoms with Crippen molar-refractivity contribution in [2.45, 2.75) is 26.8 Å². The van der Waals surface area contributed by atoms with Crippen LogP contribution in [0.5, 0.6) is 0 Å². The second kappa shape index (κ2) is 7.20. The van der Waals surface area contributed by atoms with Gasteiger partial charge in [0.15, 0.2) is 0 Å². The highest BCUT2D eigenvalue weighted by Crippen LogP contribution is 2.23. The first-order valence-electron chi connectivity index (χ1n) is 6.15. The summed E-state index contributed by atoms with van der Waals surface area (Å²) in [6, 6.07) is 3.89. The Hall–Kier alpha value is -1.31. The summed E-state index contributed by atoms with van der Waals surface area (Å²) in [5, 5.41) is 12.5. The van der Waals surface area contributed by atoms with Crippen molar-refractivity contribution in [3.8, 4) is 6.07 Å². The fourth-order valence-corrected chi connectivity index (χ4v) is 1.99. The van der Waals surface area contributed by atoms with Crippen LogP contribution < -0.4 is 5.32 Å². The van der Waals surface area contributed by atoms with E-state index in [9.17, 15) is 0 Å². The number of nitrogens with zero attached hydrogens (tertiary/aromatic N) is 3. The highest BCUT2D eigenvalue weighted by molar-refractivity contribution is 6.34. The van der Waals surface area contributed by atoms with E-state index < -0.39 is 0 Å². The maximum atomic E-state index is 8.90. The molecule has 0 spiro atoms. The van der Waals surface area contributed by atoms with Gasteiger partial charge in [-0.2, -0.15) is 5.26 Å². The number of hydrogen-bond acceptors (Lipinski definition) is 4. The monoisotopic (exact) mass is 266 g/mol. The van der Waals surface area contributed by atoms with E-state index in [1.165, 1.54) is 0 Å². The SMILES string of the molecule is CCN(CC)CC(C)Nc1nccc(C#N)c1Cl. The molecule has 0 amide bonds. The van der Waals surface area contributed by atoms with E-state index >= 15 is 0 Å². The Labute approximate surface area is 114 Å². The third kappa shape index (κ3) is 3.86. The van der Waals surface area contributed by atoms with Crippen LogP contribution in [0.3, 0.4) is 0 Å². The molecule has 1 rings (SSSR count). The summed E-state index contributed by atoms with van der Waals surface area (Å²) in [6.45, 7) is 9.30. The Bertz CT molecular complexity index is 423. The van der Waals surface area contributed by atoms with Crippen molar-refractivity contribution in [3.63, 3.8) is 0 Å². The van der Waals surface area contributed by atoms with Crippen LogP contribution >= 0.6 is 11.6 Å². The van der Waals surface area contributed by atoms with E-state index in [0.717, 1.165) is 19.6 Å². The van der Waals surface area contributed by atoms with Crippen LogP contribution in [-0.2, 0) is 0 Å². The van der Waals surface area contributed by atoms with Gasteiger partial charge in [-0.3, -0.25) is 0 Å². The molecule has 1 N–H and O–H groups in total. The zero-order valence-corrected chi connectivity index (χ0v) is 11.8. The summed E-state index contributed by atoms with van der Waals surface area (Å²) in [5.74, 6) is 0.579. The summed E-state index contributed by atoms with van der Waals surface area (Å²) < 4.78 is 0. The molecule has 0 fully saturated rings. The second-order valence-electron chi connectivity index (χ2n) is 4.16. The Morgan fingerprint density at radius 1 is 1.50 bits per heavy atom.